The number of carbonyl (C=O) groups excluding carboxylic acids is 2. The number of rotatable bonds is 9. The van der Waals surface area contributed by atoms with Crippen LogP contribution in [0.1, 0.15) is 30.1 Å². The van der Waals surface area contributed by atoms with Gasteiger partial charge >= 0.3 is 5.97 Å². The number of anilines is 1. The second-order valence-corrected chi connectivity index (χ2v) is 7.29. The van der Waals surface area contributed by atoms with Crippen LogP contribution in [0, 0.1) is 0 Å². The molecule has 9 heteroatoms. The van der Waals surface area contributed by atoms with E-state index in [1.807, 2.05) is 30.3 Å². The summed E-state index contributed by atoms with van der Waals surface area (Å²) < 4.78 is 12.2. The molecule has 0 saturated carbocycles. The SMILES string of the molecule is CCOC(=O)c1cnn(-c2ccccc2)c1NC(=O)CCCOc1ccc(Cl)cc1Cl. The number of aromatic nitrogens is 2. The first-order chi connectivity index (χ1) is 15.0. The molecule has 0 unspecified atom stereocenters. The Morgan fingerprint density at radius 1 is 1.13 bits per heavy atom. The van der Waals surface area contributed by atoms with Gasteiger partial charge in [-0.05, 0) is 43.7 Å². The van der Waals surface area contributed by atoms with Crippen LogP contribution in [0.25, 0.3) is 5.69 Å². The topological polar surface area (TPSA) is 82.5 Å². The maximum Gasteiger partial charge on any atom is 0.343 e. The standard InChI is InChI=1S/C22H21Cl2N3O4/c1-2-30-22(29)17-14-25-27(16-7-4-3-5-8-16)21(17)26-20(28)9-6-12-31-19-11-10-15(23)13-18(19)24/h3-5,7-8,10-11,13-14H,2,6,9,12H2,1H3,(H,26,28). The van der Waals surface area contributed by atoms with Crippen LogP contribution in [-0.2, 0) is 9.53 Å². The molecule has 0 atom stereocenters. The molecule has 0 bridgehead atoms. The Labute approximate surface area is 189 Å². The average molecular weight is 462 g/mol. The molecule has 0 aliphatic rings. The molecule has 7 nitrogen and oxygen atoms in total. The van der Waals surface area contributed by atoms with Crippen molar-refractivity contribution < 1.29 is 19.1 Å². The highest BCUT2D eigenvalue weighted by atomic mass is 35.5. The summed E-state index contributed by atoms with van der Waals surface area (Å²) in [7, 11) is 0. The van der Waals surface area contributed by atoms with Gasteiger partial charge in [-0.15, -0.1) is 0 Å². The van der Waals surface area contributed by atoms with Crippen LogP contribution in [0.2, 0.25) is 10.0 Å². The van der Waals surface area contributed by atoms with Crippen molar-refractivity contribution in [3.05, 3.63) is 70.3 Å². The number of ether oxygens (including phenoxy) is 2. The first-order valence-electron chi connectivity index (χ1n) is 9.68. The van der Waals surface area contributed by atoms with Crippen molar-refractivity contribution in [2.45, 2.75) is 19.8 Å². The molecule has 3 rings (SSSR count). The average Bonchev–Trinajstić information content (AvgIpc) is 3.16. The van der Waals surface area contributed by atoms with Crippen LogP contribution >= 0.6 is 23.2 Å². The van der Waals surface area contributed by atoms with E-state index in [1.165, 1.54) is 10.9 Å². The Bertz CT molecular complexity index is 1050. The zero-order valence-corrected chi connectivity index (χ0v) is 18.3. The van der Waals surface area contributed by atoms with Crippen LogP contribution < -0.4 is 10.1 Å². The number of esters is 1. The largest absolute Gasteiger partial charge is 0.492 e. The van der Waals surface area contributed by atoms with E-state index < -0.39 is 5.97 Å². The summed E-state index contributed by atoms with van der Waals surface area (Å²) >= 11 is 11.9. The van der Waals surface area contributed by atoms with E-state index in [-0.39, 0.29) is 36.9 Å². The van der Waals surface area contributed by atoms with Gasteiger partial charge in [-0.25, -0.2) is 9.48 Å². The maximum absolute atomic E-state index is 12.5. The monoisotopic (exact) mass is 461 g/mol. The fourth-order valence-corrected chi connectivity index (χ4v) is 3.26. The van der Waals surface area contributed by atoms with Gasteiger partial charge in [-0.2, -0.15) is 5.10 Å². The predicted octanol–water partition coefficient (Wildman–Crippen LogP) is 5.15. The molecule has 0 spiro atoms. The first-order valence-corrected chi connectivity index (χ1v) is 10.4. The summed E-state index contributed by atoms with van der Waals surface area (Å²) in [6.07, 6.45) is 2.00. The number of para-hydroxylation sites is 1. The molecular formula is C22H21Cl2N3O4. The van der Waals surface area contributed by atoms with E-state index in [4.69, 9.17) is 32.7 Å². The van der Waals surface area contributed by atoms with E-state index in [0.717, 1.165) is 0 Å². The van der Waals surface area contributed by atoms with Crippen molar-refractivity contribution in [1.82, 2.24) is 9.78 Å². The third kappa shape index (κ3) is 5.99. The number of nitrogens with one attached hydrogen (secondary N) is 1. The smallest absolute Gasteiger partial charge is 0.343 e. The highest BCUT2D eigenvalue weighted by Crippen LogP contribution is 2.27. The normalized spacial score (nSPS) is 10.5. The Hall–Kier alpha value is -3.03. The molecule has 3 aromatic rings. The molecule has 0 aliphatic carbocycles. The minimum atomic E-state index is -0.555. The van der Waals surface area contributed by atoms with Crippen molar-refractivity contribution in [2.75, 3.05) is 18.5 Å². The minimum absolute atomic E-state index is 0.174. The summed E-state index contributed by atoms with van der Waals surface area (Å²) in [6, 6.07) is 14.1. The molecule has 1 heterocycles. The Morgan fingerprint density at radius 3 is 2.61 bits per heavy atom. The number of nitrogens with zero attached hydrogens (tertiary/aromatic N) is 2. The van der Waals surface area contributed by atoms with Gasteiger partial charge in [-0.3, -0.25) is 4.79 Å². The molecule has 0 radical (unpaired) electrons. The zero-order valence-electron chi connectivity index (χ0n) is 16.8. The van der Waals surface area contributed by atoms with Gasteiger partial charge in [0, 0.05) is 11.4 Å². The van der Waals surface area contributed by atoms with Crippen LogP contribution in [-0.4, -0.2) is 34.9 Å². The lowest BCUT2D eigenvalue weighted by Crippen LogP contribution is -2.18. The van der Waals surface area contributed by atoms with Gasteiger partial charge in [0.1, 0.15) is 11.3 Å². The summed E-state index contributed by atoms with van der Waals surface area (Å²) in [5.74, 6) is -0.0794. The summed E-state index contributed by atoms with van der Waals surface area (Å²) in [5, 5.41) is 7.95. The number of hydrogen-bond acceptors (Lipinski definition) is 5. The van der Waals surface area contributed by atoms with E-state index in [2.05, 4.69) is 10.4 Å². The van der Waals surface area contributed by atoms with E-state index in [0.29, 0.717) is 27.9 Å². The quantitative estimate of drug-likeness (QED) is 0.351. The molecule has 2 aromatic carbocycles. The number of hydrogen-bond donors (Lipinski definition) is 1. The third-order valence-electron chi connectivity index (χ3n) is 4.22. The number of benzene rings is 2. The number of carbonyl (C=O) groups is 2. The van der Waals surface area contributed by atoms with Crippen molar-refractivity contribution in [2.24, 2.45) is 0 Å². The van der Waals surface area contributed by atoms with Gasteiger partial charge in [0.25, 0.3) is 0 Å². The Balaban J connectivity index is 1.65. The van der Waals surface area contributed by atoms with Crippen molar-refractivity contribution >= 4 is 40.9 Å². The lowest BCUT2D eigenvalue weighted by atomic mass is 10.2. The summed E-state index contributed by atoms with van der Waals surface area (Å²) in [6.45, 7) is 2.22. The van der Waals surface area contributed by atoms with Crippen molar-refractivity contribution in [3.63, 3.8) is 0 Å². The third-order valence-corrected chi connectivity index (χ3v) is 4.75. The maximum atomic E-state index is 12.5. The fourth-order valence-electron chi connectivity index (χ4n) is 2.79. The van der Waals surface area contributed by atoms with Gasteiger partial charge in [-0.1, -0.05) is 41.4 Å². The highest BCUT2D eigenvalue weighted by Gasteiger charge is 2.21. The van der Waals surface area contributed by atoms with Crippen LogP contribution in [0.5, 0.6) is 5.75 Å². The van der Waals surface area contributed by atoms with Gasteiger partial charge in [0.2, 0.25) is 5.91 Å². The highest BCUT2D eigenvalue weighted by molar-refractivity contribution is 6.35. The van der Waals surface area contributed by atoms with Crippen LogP contribution in [0.3, 0.4) is 0 Å². The van der Waals surface area contributed by atoms with Crippen LogP contribution in [0.15, 0.2) is 54.7 Å². The summed E-state index contributed by atoms with van der Waals surface area (Å²) in [5.41, 5.74) is 0.886. The molecule has 1 N–H and O–H groups in total. The van der Waals surface area contributed by atoms with Crippen LogP contribution in [0.4, 0.5) is 5.82 Å². The molecule has 162 valence electrons. The van der Waals surface area contributed by atoms with Gasteiger partial charge in [0.05, 0.1) is 30.1 Å². The first kappa shape index (κ1) is 22.7. The molecule has 0 fully saturated rings. The molecule has 0 saturated heterocycles. The molecule has 1 amide bonds. The lowest BCUT2D eigenvalue weighted by molar-refractivity contribution is -0.116. The van der Waals surface area contributed by atoms with E-state index in [1.54, 1.807) is 25.1 Å². The predicted molar refractivity (Wildman–Crippen MR) is 119 cm³/mol. The summed E-state index contributed by atoms with van der Waals surface area (Å²) in [4.78, 5) is 24.8. The Morgan fingerprint density at radius 2 is 1.90 bits per heavy atom. The van der Waals surface area contributed by atoms with E-state index >= 15 is 0 Å². The zero-order chi connectivity index (χ0) is 22.2. The van der Waals surface area contributed by atoms with Crippen molar-refractivity contribution in [3.8, 4) is 11.4 Å². The molecule has 1 aromatic heterocycles. The van der Waals surface area contributed by atoms with Gasteiger partial charge < -0.3 is 14.8 Å². The van der Waals surface area contributed by atoms with E-state index in [9.17, 15) is 9.59 Å². The minimum Gasteiger partial charge on any atom is -0.492 e. The number of amides is 1. The fraction of sp³-hybridized carbons (Fsp3) is 0.227. The molecule has 0 aliphatic heterocycles. The Kier molecular flexibility index (Phi) is 7.92. The van der Waals surface area contributed by atoms with Crippen molar-refractivity contribution in [1.29, 1.82) is 0 Å². The molecule has 31 heavy (non-hydrogen) atoms. The second kappa shape index (κ2) is 10.8. The second-order valence-electron chi connectivity index (χ2n) is 6.45. The van der Waals surface area contributed by atoms with Gasteiger partial charge in [0.15, 0.2) is 5.82 Å². The number of halogens is 2. The lowest BCUT2D eigenvalue weighted by Gasteiger charge is -2.12. The molecular weight excluding hydrogens is 441 g/mol.